The smallest absolute Gasteiger partial charge is 0.389 e. The Hall–Kier alpha value is -1.28. The summed E-state index contributed by atoms with van der Waals surface area (Å²) in [6, 6.07) is 3.22. The summed E-state index contributed by atoms with van der Waals surface area (Å²) in [6.07, 6.45) is -5.13. The second-order valence-electron chi connectivity index (χ2n) is 4.90. The molecule has 0 aliphatic heterocycles. The number of hydrogen-bond acceptors (Lipinski definition) is 3. The molecule has 0 atom stereocenters. The molecule has 4 nitrogen and oxygen atoms in total. The molecule has 0 bridgehead atoms. The highest BCUT2D eigenvalue weighted by Crippen LogP contribution is 2.25. The van der Waals surface area contributed by atoms with E-state index in [1.807, 2.05) is 0 Å². The number of benzene rings is 1. The number of sulfonamides is 1. The van der Waals surface area contributed by atoms with Crippen LogP contribution in [0.1, 0.15) is 30.4 Å². The first-order valence-corrected chi connectivity index (χ1v) is 7.95. The summed E-state index contributed by atoms with van der Waals surface area (Å²) in [4.78, 5) is -0.00155. The Labute approximate surface area is 122 Å². The standard InChI is InChI=1S/C13H19F3N2O2S/c1-9-5-6-11(17)12(10(9)2)21(19,20)18-8-4-3-7-13(14,15)16/h5-6,18H,3-4,7-8,17H2,1-2H3. The molecule has 8 heteroatoms. The van der Waals surface area contributed by atoms with Gasteiger partial charge in [-0.3, -0.25) is 0 Å². The van der Waals surface area contributed by atoms with E-state index in [9.17, 15) is 21.6 Å². The van der Waals surface area contributed by atoms with Gasteiger partial charge in [-0.05, 0) is 43.9 Å². The van der Waals surface area contributed by atoms with Crippen molar-refractivity contribution in [3.05, 3.63) is 23.3 Å². The fourth-order valence-electron chi connectivity index (χ4n) is 1.90. The Balaban J connectivity index is 2.69. The first-order valence-electron chi connectivity index (χ1n) is 6.46. The Morgan fingerprint density at radius 1 is 1.19 bits per heavy atom. The number of nitrogens with one attached hydrogen (secondary N) is 1. The zero-order valence-corrected chi connectivity index (χ0v) is 12.7. The highest BCUT2D eigenvalue weighted by Gasteiger charge is 2.26. The van der Waals surface area contributed by atoms with Crippen molar-refractivity contribution in [1.29, 1.82) is 0 Å². The molecule has 0 fully saturated rings. The molecule has 0 heterocycles. The molecule has 0 aliphatic rings. The highest BCUT2D eigenvalue weighted by atomic mass is 32.2. The second-order valence-corrected chi connectivity index (χ2v) is 6.60. The maximum Gasteiger partial charge on any atom is 0.389 e. The number of nitrogen functional groups attached to an aromatic ring is 1. The van der Waals surface area contributed by atoms with Crippen LogP contribution < -0.4 is 10.5 Å². The number of rotatable bonds is 6. The third kappa shape index (κ3) is 5.20. The van der Waals surface area contributed by atoms with Crippen molar-refractivity contribution < 1.29 is 21.6 Å². The van der Waals surface area contributed by atoms with Crippen LogP contribution in [0.5, 0.6) is 0 Å². The van der Waals surface area contributed by atoms with Crippen molar-refractivity contribution in [1.82, 2.24) is 4.72 Å². The first-order chi connectivity index (χ1) is 9.54. The molecule has 1 aromatic rings. The lowest BCUT2D eigenvalue weighted by Gasteiger charge is -2.13. The van der Waals surface area contributed by atoms with Gasteiger partial charge in [0.25, 0.3) is 0 Å². The topological polar surface area (TPSA) is 72.2 Å². The molecule has 0 saturated heterocycles. The summed E-state index contributed by atoms with van der Waals surface area (Å²) in [5.41, 5.74) is 7.14. The molecule has 0 radical (unpaired) electrons. The van der Waals surface area contributed by atoms with Crippen LogP contribution in [0.2, 0.25) is 0 Å². The van der Waals surface area contributed by atoms with Gasteiger partial charge in [-0.15, -0.1) is 0 Å². The lowest BCUT2D eigenvalue weighted by atomic mass is 10.1. The molecule has 1 rings (SSSR count). The molecule has 3 N–H and O–H groups in total. The van der Waals surface area contributed by atoms with Crippen LogP contribution in [0.25, 0.3) is 0 Å². The minimum atomic E-state index is -4.21. The van der Waals surface area contributed by atoms with Gasteiger partial charge in [0.15, 0.2) is 0 Å². The Kier molecular flexibility index (Phi) is 5.63. The minimum absolute atomic E-state index is 0.00155. The zero-order chi connectivity index (χ0) is 16.3. The van der Waals surface area contributed by atoms with Crippen molar-refractivity contribution in [3.63, 3.8) is 0 Å². The molecule has 0 unspecified atom stereocenters. The van der Waals surface area contributed by atoms with Crippen LogP contribution in [-0.4, -0.2) is 21.1 Å². The van der Waals surface area contributed by atoms with Gasteiger partial charge in [0, 0.05) is 13.0 Å². The Morgan fingerprint density at radius 2 is 1.81 bits per heavy atom. The average molecular weight is 324 g/mol. The van der Waals surface area contributed by atoms with E-state index in [1.165, 1.54) is 6.07 Å². The predicted octanol–water partition coefficient (Wildman–Crippen LogP) is 2.90. The number of unbranched alkanes of at least 4 members (excludes halogenated alkanes) is 1. The van der Waals surface area contributed by atoms with E-state index in [4.69, 9.17) is 5.73 Å². The summed E-state index contributed by atoms with van der Waals surface area (Å²) >= 11 is 0. The molecule has 0 aliphatic carbocycles. The lowest BCUT2D eigenvalue weighted by Crippen LogP contribution is -2.26. The van der Waals surface area contributed by atoms with Crippen LogP contribution >= 0.6 is 0 Å². The molecule has 1 aromatic carbocycles. The van der Waals surface area contributed by atoms with E-state index >= 15 is 0 Å². The van der Waals surface area contributed by atoms with Crippen LogP contribution in [0.3, 0.4) is 0 Å². The number of halogens is 3. The van der Waals surface area contributed by atoms with Gasteiger partial charge < -0.3 is 5.73 Å². The quantitative estimate of drug-likeness (QED) is 0.624. The third-order valence-electron chi connectivity index (χ3n) is 3.16. The number of aryl methyl sites for hydroxylation is 1. The van der Waals surface area contributed by atoms with Gasteiger partial charge in [-0.25, -0.2) is 13.1 Å². The van der Waals surface area contributed by atoms with Gasteiger partial charge in [-0.2, -0.15) is 13.2 Å². The Morgan fingerprint density at radius 3 is 2.38 bits per heavy atom. The molecule has 0 aromatic heterocycles. The van der Waals surface area contributed by atoms with Crippen molar-refractivity contribution >= 4 is 15.7 Å². The van der Waals surface area contributed by atoms with Crippen molar-refractivity contribution in [3.8, 4) is 0 Å². The van der Waals surface area contributed by atoms with Crippen LogP contribution in [0.4, 0.5) is 18.9 Å². The highest BCUT2D eigenvalue weighted by molar-refractivity contribution is 7.89. The van der Waals surface area contributed by atoms with E-state index in [0.717, 1.165) is 5.56 Å². The second kappa shape index (κ2) is 6.65. The molecular weight excluding hydrogens is 305 g/mol. The normalized spacial score (nSPS) is 12.6. The number of hydrogen-bond donors (Lipinski definition) is 2. The van der Waals surface area contributed by atoms with E-state index < -0.39 is 22.6 Å². The largest absolute Gasteiger partial charge is 0.398 e. The molecule has 0 saturated carbocycles. The fraction of sp³-hybridized carbons (Fsp3) is 0.538. The first kappa shape index (κ1) is 17.8. The van der Waals surface area contributed by atoms with Crippen molar-refractivity contribution in [2.24, 2.45) is 0 Å². The molecule has 120 valence electrons. The van der Waals surface area contributed by atoms with Gasteiger partial charge in [0.2, 0.25) is 10.0 Å². The summed E-state index contributed by atoms with van der Waals surface area (Å²) in [7, 11) is -3.82. The zero-order valence-electron chi connectivity index (χ0n) is 11.9. The predicted molar refractivity (Wildman–Crippen MR) is 75.4 cm³/mol. The summed E-state index contributed by atoms with van der Waals surface area (Å²) in [6.45, 7) is 3.35. The molecule has 0 spiro atoms. The van der Waals surface area contributed by atoms with Gasteiger partial charge >= 0.3 is 6.18 Å². The molecule has 0 amide bonds. The number of alkyl halides is 3. The lowest BCUT2D eigenvalue weighted by molar-refractivity contribution is -0.135. The molecule has 21 heavy (non-hydrogen) atoms. The van der Waals surface area contributed by atoms with Gasteiger partial charge in [0.05, 0.1) is 5.69 Å². The number of nitrogens with two attached hydrogens (primary N) is 1. The Bertz CT molecular complexity index is 598. The van der Waals surface area contributed by atoms with Gasteiger partial charge in [-0.1, -0.05) is 6.07 Å². The maximum absolute atomic E-state index is 12.2. The van der Waals surface area contributed by atoms with Crippen LogP contribution in [-0.2, 0) is 10.0 Å². The van der Waals surface area contributed by atoms with Gasteiger partial charge in [0.1, 0.15) is 4.90 Å². The van der Waals surface area contributed by atoms with Crippen molar-refractivity contribution in [2.45, 2.75) is 44.2 Å². The summed E-state index contributed by atoms with van der Waals surface area (Å²) in [5.74, 6) is 0. The maximum atomic E-state index is 12.2. The van der Waals surface area contributed by atoms with Crippen molar-refractivity contribution in [2.75, 3.05) is 12.3 Å². The third-order valence-corrected chi connectivity index (χ3v) is 4.82. The minimum Gasteiger partial charge on any atom is -0.398 e. The van der Waals surface area contributed by atoms with E-state index in [1.54, 1.807) is 19.9 Å². The van der Waals surface area contributed by atoms with Crippen LogP contribution in [0.15, 0.2) is 17.0 Å². The monoisotopic (exact) mass is 324 g/mol. The molecular formula is C13H19F3N2O2S. The summed E-state index contributed by atoms with van der Waals surface area (Å²) in [5, 5.41) is 0. The average Bonchev–Trinajstić information content (AvgIpc) is 2.32. The number of anilines is 1. The van der Waals surface area contributed by atoms with E-state index in [0.29, 0.717) is 5.56 Å². The SMILES string of the molecule is Cc1ccc(N)c(S(=O)(=O)NCCCCC(F)(F)F)c1C. The summed E-state index contributed by atoms with van der Waals surface area (Å²) < 4.78 is 62.6. The fourth-order valence-corrected chi connectivity index (χ4v) is 3.40. The van der Waals surface area contributed by atoms with Crippen LogP contribution in [0, 0.1) is 13.8 Å². The van der Waals surface area contributed by atoms with E-state index in [2.05, 4.69) is 4.72 Å². The van der Waals surface area contributed by atoms with E-state index in [-0.39, 0.29) is 30.0 Å².